The van der Waals surface area contributed by atoms with Crippen LogP contribution in [0.1, 0.15) is 98.3 Å². The van der Waals surface area contributed by atoms with Crippen LogP contribution in [0.2, 0.25) is 0 Å². The van der Waals surface area contributed by atoms with Crippen LogP contribution >= 0.6 is 0 Å². The van der Waals surface area contributed by atoms with E-state index >= 15 is 0 Å². The van der Waals surface area contributed by atoms with Crippen LogP contribution in [-0.2, 0) is 9.53 Å². The number of rotatable bonds is 14. The van der Waals surface area contributed by atoms with Gasteiger partial charge in [0.05, 0.1) is 0 Å². The SMILES string of the molecule is CCCCCCCCCCCOC(CC)(CC)C(C)=O. The standard InChI is InChI=1S/C18H36O2/c1-5-8-9-10-11-12-13-14-15-16-20-18(6-2,7-3)17(4)19/h5-16H2,1-4H3. The van der Waals surface area contributed by atoms with Crippen LogP contribution in [0.4, 0.5) is 0 Å². The van der Waals surface area contributed by atoms with Crippen molar-refractivity contribution in [3.05, 3.63) is 0 Å². The second kappa shape index (κ2) is 12.4. The Morgan fingerprint density at radius 3 is 1.65 bits per heavy atom. The van der Waals surface area contributed by atoms with E-state index < -0.39 is 5.60 Å². The molecule has 0 aromatic rings. The number of ketones is 1. The van der Waals surface area contributed by atoms with Gasteiger partial charge in [0.2, 0.25) is 0 Å². The molecule has 0 heterocycles. The molecule has 0 saturated heterocycles. The van der Waals surface area contributed by atoms with Crippen molar-refractivity contribution in [3.63, 3.8) is 0 Å². The van der Waals surface area contributed by atoms with Crippen molar-refractivity contribution >= 4 is 5.78 Å². The van der Waals surface area contributed by atoms with Crippen molar-refractivity contribution in [2.24, 2.45) is 0 Å². The van der Waals surface area contributed by atoms with Crippen LogP contribution in [0.25, 0.3) is 0 Å². The van der Waals surface area contributed by atoms with Crippen LogP contribution in [-0.4, -0.2) is 18.0 Å². The largest absolute Gasteiger partial charge is 0.367 e. The maximum atomic E-state index is 11.7. The Morgan fingerprint density at radius 2 is 1.25 bits per heavy atom. The summed E-state index contributed by atoms with van der Waals surface area (Å²) in [5.41, 5.74) is -0.514. The molecule has 2 nitrogen and oxygen atoms in total. The average Bonchev–Trinajstić information content (AvgIpc) is 2.45. The quantitative estimate of drug-likeness (QED) is 0.383. The molecule has 0 aliphatic rings. The monoisotopic (exact) mass is 284 g/mol. The van der Waals surface area contributed by atoms with Crippen LogP contribution in [0.15, 0.2) is 0 Å². The molecule has 0 N–H and O–H groups in total. The molecule has 2 heteroatoms. The van der Waals surface area contributed by atoms with Gasteiger partial charge in [-0.15, -0.1) is 0 Å². The fraction of sp³-hybridized carbons (Fsp3) is 0.944. The number of hydrogen-bond donors (Lipinski definition) is 0. The van der Waals surface area contributed by atoms with E-state index in [-0.39, 0.29) is 5.78 Å². The predicted molar refractivity (Wildman–Crippen MR) is 87.2 cm³/mol. The molecule has 0 saturated carbocycles. The first-order valence-corrected chi connectivity index (χ1v) is 8.78. The van der Waals surface area contributed by atoms with Gasteiger partial charge in [0.1, 0.15) is 5.60 Å². The van der Waals surface area contributed by atoms with Crippen molar-refractivity contribution in [1.29, 1.82) is 0 Å². The minimum absolute atomic E-state index is 0.179. The van der Waals surface area contributed by atoms with E-state index in [1.807, 2.05) is 13.8 Å². The third-order valence-corrected chi connectivity index (χ3v) is 4.41. The van der Waals surface area contributed by atoms with E-state index in [0.717, 1.165) is 25.9 Å². The number of unbranched alkanes of at least 4 members (excludes halogenated alkanes) is 8. The van der Waals surface area contributed by atoms with Crippen molar-refractivity contribution in [2.45, 2.75) is 104 Å². The lowest BCUT2D eigenvalue weighted by molar-refractivity contribution is -0.144. The van der Waals surface area contributed by atoms with Crippen molar-refractivity contribution in [3.8, 4) is 0 Å². The van der Waals surface area contributed by atoms with Gasteiger partial charge in [-0.1, -0.05) is 72.1 Å². The molecule has 0 rings (SSSR count). The summed E-state index contributed by atoms with van der Waals surface area (Å²) in [4.78, 5) is 11.7. The van der Waals surface area contributed by atoms with Gasteiger partial charge < -0.3 is 4.74 Å². The van der Waals surface area contributed by atoms with Crippen LogP contribution < -0.4 is 0 Å². The number of hydrogen-bond acceptors (Lipinski definition) is 2. The molecule has 120 valence electrons. The summed E-state index contributed by atoms with van der Waals surface area (Å²) in [6, 6.07) is 0. The Morgan fingerprint density at radius 1 is 0.800 bits per heavy atom. The first-order chi connectivity index (χ1) is 9.63. The average molecular weight is 284 g/mol. The zero-order valence-corrected chi connectivity index (χ0v) is 14.3. The normalized spacial score (nSPS) is 11.8. The van der Waals surface area contributed by atoms with Crippen molar-refractivity contribution in [2.75, 3.05) is 6.61 Å². The summed E-state index contributed by atoms with van der Waals surface area (Å²) < 4.78 is 5.90. The Balaban J connectivity index is 3.53. The molecule has 0 aliphatic heterocycles. The van der Waals surface area contributed by atoms with E-state index in [1.165, 1.54) is 51.4 Å². The number of carbonyl (C=O) groups is 1. The van der Waals surface area contributed by atoms with Crippen molar-refractivity contribution < 1.29 is 9.53 Å². The maximum Gasteiger partial charge on any atom is 0.161 e. The summed E-state index contributed by atoms with van der Waals surface area (Å²) >= 11 is 0. The molecule has 0 bridgehead atoms. The summed E-state index contributed by atoms with van der Waals surface area (Å²) in [6.45, 7) is 8.73. The molecule has 0 spiro atoms. The van der Waals surface area contributed by atoms with Gasteiger partial charge in [-0.3, -0.25) is 4.79 Å². The highest BCUT2D eigenvalue weighted by Crippen LogP contribution is 2.22. The highest BCUT2D eigenvalue weighted by Gasteiger charge is 2.31. The Kier molecular flexibility index (Phi) is 12.1. The van der Waals surface area contributed by atoms with E-state index in [9.17, 15) is 4.79 Å². The van der Waals surface area contributed by atoms with Gasteiger partial charge in [-0.2, -0.15) is 0 Å². The molecule has 0 fully saturated rings. The second-order valence-corrected chi connectivity index (χ2v) is 5.93. The molecular formula is C18H36O2. The van der Waals surface area contributed by atoms with E-state index in [4.69, 9.17) is 4.74 Å². The molecule has 0 radical (unpaired) electrons. The molecule has 20 heavy (non-hydrogen) atoms. The molecule has 0 aliphatic carbocycles. The van der Waals surface area contributed by atoms with E-state index in [2.05, 4.69) is 6.92 Å². The maximum absolute atomic E-state index is 11.7. The minimum atomic E-state index is -0.514. The zero-order chi connectivity index (χ0) is 15.3. The third-order valence-electron chi connectivity index (χ3n) is 4.41. The first-order valence-electron chi connectivity index (χ1n) is 8.78. The van der Waals surface area contributed by atoms with Gasteiger partial charge in [0.25, 0.3) is 0 Å². The van der Waals surface area contributed by atoms with E-state index in [0.29, 0.717) is 0 Å². The lowest BCUT2D eigenvalue weighted by Crippen LogP contribution is -2.39. The van der Waals surface area contributed by atoms with Gasteiger partial charge in [-0.05, 0) is 26.2 Å². The fourth-order valence-electron chi connectivity index (χ4n) is 2.73. The van der Waals surface area contributed by atoms with Gasteiger partial charge in [-0.25, -0.2) is 0 Å². The highest BCUT2D eigenvalue weighted by molar-refractivity contribution is 5.84. The zero-order valence-electron chi connectivity index (χ0n) is 14.3. The number of ether oxygens (including phenoxy) is 1. The summed E-state index contributed by atoms with van der Waals surface area (Å²) in [5, 5.41) is 0. The second-order valence-electron chi connectivity index (χ2n) is 5.93. The summed E-state index contributed by atoms with van der Waals surface area (Å²) in [5.74, 6) is 0.179. The first kappa shape index (κ1) is 19.6. The minimum Gasteiger partial charge on any atom is -0.367 e. The van der Waals surface area contributed by atoms with Gasteiger partial charge in [0, 0.05) is 6.61 Å². The van der Waals surface area contributed by atoms with Gasteiger partial charge >= 0.3 is 0 Å². The lowest BCUT2D eigenvalue weighted by Gasteiger charge is -2.29. The lowest BCUT2D eigenvalue weighted by atomic mass is 9.93. The summed E-state index contributed by atoms with van der Waals surface area (Å²) in [7, 11) is 0. The van der Waals surface area contributed by atoms with Crippen LogP contribution in [0.3, 0.4) is 0 Å². The van der Waals surface area contributed by atoms with E-state index in [1.54, 1.807) is 6.92 Å². The van der Waals surface area contributed by atoms with Crippen LogP contribution in [0.5, 0.6) is 0 Å². The van der Waals surface area contributed by atoms with Gasteiger partial charge in [0.15, 0.2) is 5.78 Å². The molecule has 0 aromatic heterocycles. The molecule has 0 aromatic carbocycles. The highest BCUT2D eigenvalue weighted by atomic mass is 16.5. The number of Topliss-reactive ketones (excluding diaryl/α,β-unsaturated/α-hetero) is 1. The summed E-state index contributed by atoms with van der Waals surface area (Å²) in [6.07, 6.45) is 13.4. The van der Waals surface area contributed by atoms with Crippen LogP contribution in [0, 0.1) is 0 Å². The fourth-order valence-corrected chi connectivity index (χ4v) is 2.73. The Labute approximate surface area is 126 Å². The molecule has 0 atom stereocenters. The predicted octanol–water partition coefficient (Wildman–Crippen LogP) is 5.68. The smallest absolute Gasteiger partial charge is 0.161 e. The van der Waals surface area contributed by atoms with Crippen molar-refractivity contribution in [1.82, 2.24) is 0 Å². The molecule has 0 unspecified atom stereocenters. The molecule has 0 amide bonds. The topological polar surface area (TPSA) is 26.3 Å². The number of carbonyl (C=O) groups excluding carboxylic acids is 1. The molecular weight excluding hydrogens is 248 g/mol. The Bertz CT molecular complexity index is 232. The Hall–Kier alpha value is -0.370. The third kappa shape index (κ3) is 8.04.